The lowest BCUT2D eigenvalue weighted by atomic mass is 9.96. The number of nitrogens with two attached hydrogens (primary N) is 1. The molecule has 16 heavy (non-hydrogen) atoms. The van der Waals surface area contributed by atoms with E-state index < -0.39 is 15.3 Å². The molecule has 1 atom stereocenters. The highest BCUT2D eigenvalue weighted by molar-refractivity contribution is 7.99. The first-order valence-electron chi connectivity index (χ1n) is 5.73. The molecule has 1 saturated carbocycles. The molecule has 0 radical (unpaired) electrons. The summed E-state index contributed by atoms with van der Waals surface area (Å²) < 4.78 is 26.3. The SMILES string of the molecule is CSC1CCC(NS(=O)(=O)C(C)CN)CC1. The zero-order chi connectivity index (χ0) is 12.2. The predicted octanol–water partition coefficient (Wildman–Crippen LogP) is 0.927. The van der Waals surface area contributed by atoms with Gasteiger partial charge in [-0.05, 0) is 38.9 Å². The Labute approximate surface area is 103 Å². The van der Waals surface area contributed by atoms with Crippen LogP contribution in [0.25, 0.3) is 0 Å². The average molecular weight is 266 g/mol. The molecule has 6 heteroatoms. The molecule has 1 fully saturated rings. The van der Waals surface area contributed by atoms with Gasteiger partial charge in [0.15, 0.2) is 0 Å². The van der Waals surface area contributed by atoms with E-state index >= 15 is 0 Å². The summed E-state index contributed by atoms with van der Waals surface area (Å²) in [5.74, 6) is 0. The maximum absolute atomic E-state index is 11.8. The Balaban J connectivity index is 2.45. The first-order chi connectivity index (χ1) is 7.49. The van der Waals surface area contributed by atoms with Crippen molar-refractivity contribution in [2.75, 3.05) is 12.8 Å². The lowest BCUT2D eigenvalue weighted by Crippen LogP contribution is -2.44. The van der Waals surface area contributed by atoms with Crippen LogP contribution in [-0.2, 0) is 10.0 Å². The zero-order valence-corrected chi connectivity index (χ0v) is 11.6. The number of thioether (sulfide) groups is 1. The molecule has 0 amide bonds. The molecule has 0 aromatic carbocycles. The topological polar surface area (TPSA) is 72.2 Å². The van der Waals surface area contributed by atoms with Crippen LogP contribution in [0.5, 0.6) is 0 Å². The van der Waals surface area contributed by atoms with Crippen molar-refractivity contribution in [1.82, 2.24) is 4.72 Å². The van der Waals surface area contributed by atoms with Crippen LogP contribution in [0.2, 0.25) is 0 Å². The van der Waals surface area contributed by atoms with Crippen molar-refractivity contribution < 1.29 is 8.42 Å². The van der Waals surface area contributed by atoms with Crippen LogP contribution in [0.1, 0.15) is 32.6 Å². The Bertz CT molecular complexity index is 298. The van der Waals surface area contributed by atoms with Gasteiger partial charge in [0.25, 0.3) is 0 Å². The molecule has 96 valence electrons. The van der Waals surface area contributed by atoms with Crippen LogP contribution in [0, 0.1) is 0 Å². The lowest BCUT2D eigenvalue weighted by molar-refractivity contribution is 0.418. The number of hydrogen-bond donors (Lipinski definition) is 2. The van der Waals surface area contributed by atoms with Crippen molar-refractivity contribution in [3.05, 3.63) is 0 Å². The standard InChI is InChI=1S/C10H22N2O2S2/c1-8(7-11)16(13,14)12-9-3-5-10(15-2)6-4-9/h8-10,12H,3-7,11H2,1-2H3. The summed E-state index contributed by atoms with van der Waals surface area (Å²) in [6.45, 7) is 1.82. The molecule has 3 N–H and O–H groups in total. The summed E-state index contributed by atoms with van der Waals surface area (Å²) in [5, 5.41) is 0.207. The third-order valence-electron chi connectivity index (χ3n) is 3.20. The van der Waals surface area contributed by atoms with E-state index in [2.05, 4.69) is 11.0 Å². The van der Waals surface area contributed by atoms with Crippen LogP contribution in [0.4, 0.5) is 0 Å². The van der Waals surface area contributed by atoms with Crippen molar-refractivity contribution in [3.63, 3.8) is 0 Å². The largest absolute Gasteiger partial charge is 0.329 e. The van der Waals surface area contributed by atoms with Gasteiger partial charge in [-0.15, -0.1) is 0 Å². The fourth-order valence-corrected chi connectivity index (χ4v) is 3.82. The second-order valence-electron chi connectivity index (χ2n) is 4.42. The Hall–Kier alpha value is 0.220. The first kappa shape index (κ1) is 14.3. The summed E-state index contributed by atoms with van der Waals surface area (Å²) in [7, 11) is -3.22. The highest BCUT2D eigenvalue weighted by Crippen LogP contribution is 2.27. The molecule has 0 aliphatic heterocycles. The minimum atomic E-state index is -3.22. The molecule has 0 bridgehead atoms. The molecule has 4 nitrogen and oxygen atoms in total. The van der Waals surface area contributed by atoms with Crippen LogP contribution in [0.15, 0.2) is 0 Å². The summed E-state index contributed by atoms with van der Waals surface area (Å²) in [6, 6.07) is 0.113. The molecule has 0 saturated heterocycles. The van der Waals surface area contributed by atoms with Gasteiger partial charge in [0, 0.05) is 17.8 Å². The van der Waals surface area contributed by atoms with Crippen molar-refractivity contribution in [1.29, 1.82) is 0 Å². The zero-order valence-electron chi connectivity index (χ0n) is 9.98. The van der Waals surface area contributed by atoms with Crippen molar-refractivity contribution in [2.45, 2.75) is 49.1 Å². The smallest absolute Gasteiger partial charge is 0.215 e. The van der Waals surface area contributed by atoms with Gasteiger partial charge in [0.1, 0.15) is 0 Å². The van der Waals surface area contributed by atoms with Crippen molar-refractivity contribution >= 4 is 21.8 Å². The Kier molecular flexibility index (Phi) is 5.56. The van der Waals surface area contributed by atoms with Gasteiger partial charge in [-0.1, -0.05) is 0 Å². The number of sulfonamides is 1. The van der Waals surface area contributed by atoms with E-state index in [-0.39, 0.29) is 12.6 Å². The monoisotopic (exact) mass is 266 g/mol. The summed E-state index contributed by atoms with van der Waals surface area (Å²) >= 11 is 1.88. The maximum Gasteiger partial charge on any atom is 0.215 e. The number of nitrogens with one attached hydrogen (secondary N) is 1. The van der Waals surface area contributed by atoms with Crippen LogP contribution < -0.4 is 10.5 Å². The van der Waals surface area contributed by atoms with Gasteiger partial charge < -0.3 is 5.73 Å². The van der Waals surface area contributed by atoms with Crippen LogP contribution in [0.3, 0.4) is 0 Å². The van der Waals surface area contributed by atoms with Gasteiger partial charge in [-0.3, -0.25) is 0 Å². The van der Waals surface area contributed by atoms with Gasteiger partial charge in [0.2, 0.25) is 10.0 Å². The van der Waals surface area contributed by atoms with Gasteiger partial charge in [0.05, 0.1) is 5.25 Å². The highest BCUT2D eigenvalue weighted by Gasteiger charge is 2.26. The highest BCUT2D eigenvalue weighted by atomic mass is 32.2. The van der Waals surface area contributed by atoms with Gasteiger partial charge in [-0.25, -0.2) is 13.1 Å². The normalized spacial score (nSPS) is 28.9. The summed E-state index contributed by atoms with van der Waals surface area (Å²) in [5.41, 5.74) is 5.38. The summed E-state index contributed by atoms with van der Waals surface area (Å²) in [4.78, 5) is 0. The maximum atomic E-state index is 11.8. The molecule has 1 aliphatic carbocycles. The third-order valence-corrected chi connectivity index (χ3v) is 6.25. The van der Waals surface area contributed by atoms with Crippen molar-refractivity contribution in [3.8, 4) is 0 Å². The first-order valence-corrected chi connectivity index (χ1v) is 8.57. The minimum absolute atomic E-state index is 0.113. The van der Waals surface area contributed by atoms with E-state index in [1.54, 1.807) is 6.92 Å². The second-order valence-corrected chi connectivity index (χ2v) is 7.69. The molecule has 0 spiro atoms. The molecule has 1 aliphatic rings. The quantitative estimate of drug-likeness (QED) is 0.776. The molecular weight excluding hydrogens is 244 g/mol. The Morgan fingerprint density at radius 1 is 1.38 bits per heavy atom. The molecule has 0 aromatic heterocycles. The van der Waals surface area contributed by atoms with E-state index in [1.807, 2.05) is 11.8 Å². The van der Waals surface area contributed by atoms with Crippen LogP contribution in [-0.4, -0.2) is 37.8 Å². The Morgan fingerprint density at radius 2 is 1.94 bits per heavy atom. The molecular formula is C10H22N2O2S2. The van der Waals surface area contributed by atoms with E-state index in [9.17, 15) is 8.42 Å². The summed E-state index contributed by atoms with van der Waals surface area (Å²) in [6.07, 6.45) is 6.21. The number of hydrogen-bond acceptors (Lipinski definition) is 4. The van der Waals surface area contributed by atoms with Gasteiger partial charge >= 0.3 is 0 Å². The van der Waals surface area contributed by atoms with Crippen LogP contribution >= 0.6 is 11.8 Å². The molecule has 0 aromatic rings. The molecule has 0 heterocycles. The van der Waals surface area contributed by atoms with E-state index in [1.165, 1.54) is 0 Å². The second kappa shape index (κ2) is 6.23. The van der Waals surface area contributed by atoms with E-state index in [0.717, 1.165) is 25.7 Å². The minimum Gasteiger partial charge on any atom is -0.329 e. The molecule has 1 unspecified atom stereocenters. The third kappa shape index (κ3) is 3.91. The van der Waals surface area contributed by atoms with E-state index in [4.69, 9.17) is 5.73 Å². The number of rotatable bonds is 5. The molecule has 1 rings (SSSR count). The van der Waals surface area contributed by atoms with Crippen molar-refractivity contribution in [2.24, 2.45) is 5.73 Å². The Morgan fingerprint density at radius 3 is 2.38 bits per heavy atom. The fraction of sp³-hybridized carbons (Fsp3) is 1.00. The average Bonchev–Trinajstić information content (AvgIpc) is 2.28. The van der Waals surface area contributed by atoms with E-state index in [0.29, 0.717) is 5.25 Å². The predicted molar refractivity (Wildman–Crippen MR) is 70.1 cm³/mol. The van der Waals surface area contributed by atoms with Gasteiger partial charge in [-0.2, -0.15) is 11.8 Å². The fourth-order valence-electron chi connectivity index (χ4n) is 1.89. The lowest BCUT2D eigenvalue weighted by Gasteiger charge is -2.28.